The van der Waals surface area contributed by atoms with E-state index in [9.17, 15) is 0 Å². The standard InChI is InChI=1S/C20H22N2/c1-11-19(3,4)15-9-7-14-13(17(15)21-11)8-10-16-18(14)22-12(2)20(16,5)6/h7-10H,1-6H3. The average molecular weight is 290 g/mol. The molecule has 0 N–H and O–H groups in total. The smallest absolute Gasteiger partial charge is 0.0749 e. The molecule has 0 aliphatic carbocycles. The molecule has 0 saturated heterocycles. The normalized spacial score (nSPS) is 20.6. The Bertz CT molecular complexity index is 820. The van der Waals surface area contributed by atoms with Crippen LogP contribution in [0.4, 0.5) is 11.4 Å². The Balaban J connectivity index is 2.09. The minimum atomic E-state index is 0.0288. The molecule has 4 rings (SSSR count). The van der Waals surface area contributed by atoms with Gasteiger partial charge in [-0.2, -0.15) is 0 Å². The van der Waals surface area contributed by atoms with E-state index in [2.05, 4.69) is 65.8 Å². The van der Waals surface area contributed by atoms with E-state index in [4.69, 9.17) is 9.98 Å². The van der Waals surface area contributed by atoms with Crippen LogP contribution in [-0.4, -0.2) is 11.4 Å². The van der Waals surface area contributed by atoms with Crippen molar-refractivity contribution >= 4 is 33.6 Å². The molecule has 2 heteroatoms. The van der Waals surface area contributed by atoms with Crippen molar-refractivity contribution in [1.29, 1.82) is 0 Å². The van der Waals surface area contributed by atoms with E-state index < -0.39 is 0 Å². The van der Waals surface area contributed by atoms with Gasteiger partial charge in [0.15, 0.2) is 0 Å². The molecule has 112 valence electrons. The van der Waals surface area contributed by atoms with Crippen molar-refractivity contribution < 1.29 is 0 Å². The highest BCUT2D eigenvalue weighted by Crippen LogP contribution is 2.49. The minimum absolute atomic E-state index is 0.0288. The molecular weight excluding hydrogens is 268 g/mol. The molecule has 2 aliphatic heterocycles. The van der Waals surface area contributed by atoms with Crippen molar-refractivity contribution in [1.82, 2.24) is 0 Å². The Morgan fingerprint density at radius 1 is 0.636 bits per heavy atom. The molecule has 0 aromatic heterocycles. The molecule has 2 aromatic carbocycles. The van der Waals surface area contributed by atoms with Crippen molar-refractivity contribution in [2.75, 3.05) is 0 Å². The van der Waals surface area contributed by atoms with E-state index >= 15 is 0 Å². The molecule has 0 fully saturated rings. The van der Waals surface area contributed by atoms with Gasteiger partial charge in [-0.3, -0.25) is 9.98 Å². The summed E-state index contributed by atoms with van der Waals surface area (Å²) in [6.45, 7) is 13.3. The number of benzene rings is 2. The second-order valence-corrected chi connectivity index (χ2v) is 7.66. The summed E-state index contributed by atoms with van der Waals surface area (Å²) in [5.41, 5.74) is 7.37. The lowest BCUT2D eigenvalue weighted by molar-refractivity contribution is 0.732. The Kier molecular flexibility index (Phi) is 2.40. The first-order chi connectivity index (χ1) is 10.2. The number of fused-ring (bicyclic) bond motifs is 5. The van der Waals surface area contributed by atoms with Gasteiger partial charge in [0.05, 0.1) is 11.4 Å². The van der Waals surface area contributed by atoms with Crippen LogP contribution in [0, 0.1) is 0 Å². The van der Waals surface area contributed by atoms with Gasteiger partial charge in [-0.1, -0.05) is 52.0 Å². The lowest BCUT2D eigenvalue weighted by Crippen LogP contribution is -2.22. The molecule has 0 unspecified atom stereocenters. The van der Waals surface area contributed by atoms with E-state index in [1.54, 1.807) is 0 Å². The van der Waals surface area contributed by atoms with Crippen LogP contribution < -0.4 is 0 Å². The first-order valence-corrected chi connectivity index (χ1v) is 7.97. The summed E-state index contributed by atoms with van der Waals surface area (Å²) in [7, 11) is 0. The molecule has 22 heavy (non-hydrogen) atoms. The molecule has 0 saturated carbocycles. The van der Waals surface area contributed by atoms with Gasteiger partial charge < -0.3 is 0 Å². The van der Waals surface area contributed by atoms with E-state index in [0.717, 1.165) is 11.4 Å². The molecule has 2 nitrogen and oxygen atoms in total. The highest BCUT2D eigenvalue weighted by molar-refractivity contribution is 6.13. The second-order valence-electron chi connectivity index (χ2n) is 7.66. The summed E-state index contributed by atoms with van der Waals surface area (Å²) < 4.78 is 0. The maximum Gasteiger partial charge on any atom is 0.0749 e. The summed E-state index contributed by atoms with van der Waals surface area (Å²) in [5, 5.41) is 2.46. The van der Waals surface area contributed by atoms with E-state index in [1.165, 1.54) is 33.3 Å². The van der Waals surface area contributed by atoms with E-state index in [1.807, 2.05) is 0 Å². The molecule has 0 radical (unpaired) electrons. The van der Waals surface area contributed by atoms with Crippen molar-refractivity contribution in [3.8, 4) is 0 Å². The summed E-state index contributed by atoms with van der Waals surface area (Å²) in [6, 6.07) is 8.96. The van der Waals surface area contributed by atoms with Crippen LogP contribution in [0.5, 0.6) is 0 Å². The Hall–Kier alpha value is -1.96. The molecule has 0 spiro atoms. The average Bonchev–Trinajstić information content (AvgIpc) is 2.82. The number of hydrogen-bond acceptors (Lipinski definition) is 2. The number of rotatable bonds is 0. The quantitative estimate of drug-likeness (QED) is 0.602. The molecule has 0 bridgehead atoms. The lowest BCUT2D eigenvalue weighted by Gasteiger charge is -2.21. The van der Waals surface area contributed by atoms with Crippen LogP contribution in [0.15, 0.2) is 34.3 Å². The van der Waals surface area contributed by atoms with E-state index in [0.29, 0.717) is 0 Å². The van der Waals surface area contributed by atoms with Gasteiger partial charge in [0.1, 0.15) is 0 Å². The summed E-state index contributed by atoms with van der Waals surface area (Å²) >= 11 is 0. The fourth-order valence-corrected chi connectivity index (χ4v) is 3.63. The molecule has 0 atom stereocenters. The van der Waals surface area contributed by atoms with Gasteiger partial charge >= 0.3 is 0 Å². The van der Waals surface area contributed by atoms with E-state index in [-0.39, 0.29) is 10.8 Å². The third-order valence-electron chi connectivity index (χ3n) is 5.86. The molecule has 0 amide bonds. The zero-order valence-corrected chi connectivity index (χ0v) is 14.2. The molecule has 2 aromatic rings. The Morgan fingerprint density at radius 2 is 1.00 bits per heavy atom. The first kappa shape index (κ1) is 13.7. The number of nitrogens with zero attached hydrogens (tertiary/aromatic N) is 2. The van der Waals surface area contributed by atoms with Crippen LogP contribution in [-0.2, 0) is 10.8 Å². The Labute approximate surface area is 132 Å². The van der Waals surface area contributed by atoms with Crippen LogP contribution in [0.25, 0.3) is 10.8 Å². The zero-order chi connectivity index (χ0) is 15.9. The molecular formula is C20H22N2. The molecule has 2 aliphatic rings. The zero-order valence-electron chi connectivity index (χ0n) is 14.2. The summed E-state index contributed by atoms with van der Waals surface area (Å²) in [5.74, 6) is 0. The van der Waals surface area contributed by atoms with Gasteiger partial charge in [-0.05, 0) is 25.0 Å². The van der Waals surface area contributed by atoms with Gasteiger partial charge in [0.25, 0.3) is 0 Å². The lowest BCUT2D eigenvalue weighted by atomic mass is 9.79. The van der Waals surface area contributed by atoms with Crippen LogP contribution in [0.3, 0.4) is 0 Å². The van der Waals surface area contributed by atoms with Crippen molar-refractivity contribution in [3.05, 3.63) is 35.4 Å². The van der Waals surface area contributed by atoms with Crippen LogP contribution in [0.1, 0.15) is 52.7 Å². The third kappa shape index (κ3) is 1.45. The van der Waals surface area contributed by atoms with Crippen LogP contribution in [0.2, 0.25) is 0 Å². The minimum Gasteiger partial charge on any atom is -0.256 e. The highest BCUT2D eigenvalue weighted by Gasteiger charge is 2.36. The summed E-state index contributed by atoms with van der Waals surface area (Å²) in [4.78, 5) is 9.76. The van der Waals surface area contributed by atoms with Gasteiger partial charge in [-0.15, -0.1) is 0 Å². The maximum absolute atomic E-state index is 4.88. The Morgan fingerprint density at radius 3 is 1.36 bits per heavy atom. The van der Waals surface area contributed by atoms with Gasteiger partial charge in [-0.25, -0.2) is 0 Å². The predicted octanol–water partition coefficient (Wildman–Crippen LogP) is 5.61. The highest BCUT2D eigenvalue weighted by atomic mass is 14.8. The fraction of sp³-hybridized carbons (Fsp3) is 0.400. The van der Waals surface area contributed by atoms with Crippen molar-refractivity contribution in [2.45, 2.75) is 52.4 Å². The van der Waals surface area contributed by atoms with Gasteiger partial charge in [0, 0.05) is 33.0 Å². The van der Waals surface area contributed by atoms with Crippen LogP contribution >= 0.6 is 0 Å². The third-order valence-corrected chi connectivity index (χ3v) is 5.86. The summed E-state index contributed by atoms with van der Waals surface area (Å²) in [6.07, 6.45) is 0. The monoisotopic (exact) mass is 290 g/mol. The maximum atomic E-state index is 4.88. The predicted molar refractivity (Wildman–Crippen MR) is 95.5 cm³/mol. The SMILES string of the molecule is CC1=Nc2c(ccc3c4c(ccc23)C(C)(C)C(C)=N4)C1(C)C. The molecule has 2 heterocycles. The topological polar surface area (TPSA) is 24.7 Å². The number of aliphatic imine (C=N–C) groups is 2. The van der Waals surface area contributed by atoms with Crippen molar-refractivity contribution in [2.24, 2.45) is 9.98 Å². The first-order valence-electron chi connectivity index (χ1n) is 7.97. The fourth-order valence-electron chi connectivity index (χ4n) is 3.63. The van der Waals surface area contributed by atoms with Crippen molar-refractivity contribution in [3.63, 3.8) is 0 Å². The largest absolute Gasteiger partial charge is 0.256 e. The van der Waals surface area contributed by atoms with Gasteiger partial charge in [0.2, 0.25) is 0 Å². The second kappa shape index (κ2) is 3.87. The number of hydrogen-bond donors (Lipinski definition) is 0.